The van der Waals surface area contributed by atoms with Crippen LogP contribution in [0.3, 0.4) is 0 Å². The van der Waals surface area contributed by atoms with Crippen LogP contribution in [-0.4, -0.2) is 21.2 Å². The first-order valence-corrected chi connectivity index (χ1v) is 6.75. The molecular formula is C14H18N4O. The molecule has 2 heterocycles. The maximum Gasteiger partial charge on any atom is 0.230 e. The normalized spacial score (nSPS) is 23.5. The van der Waals surface area contributed by atoms with Gasteiger partial charge in [0, 0.05) is 18.2 Å². The van der Waals surface area contributed by atoms with Gasteiger partial charge in [0.05, 0.1) is 0 Å². The zero-order chi connectivity index (χ0) is 13.2. The minimum absolute atomic E-state index is 0.330. The van der Waals surface area contributed by atoms with Gasteiger partial charge in [-0.15, -0.1) is 0 Å². The maximum atomic E-state index is 5.91. The summed E-state index contributed by atoms with van der Waals surface area (Å²) >= 11 is 0. The highest BCUT2D eigenvalue weighted by Gasteiger charge is 2.25. The fourth-order valence-electron chi connectivity index (χ4n) is 2.58. The Morgan fingerprint density at radius 3 is 2.79 bits per heavy atom. The number of nitrogens with zero attached hydrogens (tertiary/aromatic N) is 3. The van der Waals surface area contributed by atoms with Gasteiger partial charge in [-0.25, -0.2) is 0 Å². The maximum absolute atomic E-state index is 5.91. The molecule has 2 N–H and O–H groups in total. The summed E-state index contributed by atoms with van der Waals surface area (Å²) in [6.45, 7) is 2.00. The molecule has 0 radical (unpaired) electrons. The highest BCUT2D eigenvalue weighted by Crippen LogP contribution is 2.32. The van der Waals surface area contributed by atoms with E-state index in [9.17, 15) is 0 Å². The van der Waals surface area contributed by atoms with Crippen LogP contribution in [-0.2, 0) is 0 Å². The zero-order valence-electron chi connectivity index (χ0n) is 11.0. The minimum atomic E-state index is 0.330. The van der Waals surface area contributed by atoms with E-state index in [0.29, 0.717) is 17.8 Å². The molecule has 0 saturated heterocycles. The van der Waals surface area contributed by atoms with Gasteiger partial charge >= 0.3 is 0 Å². The average molecular weight is 258 g/mol. The van der Waals surface area contributed by atoms with Crippen molar-refractivity contribution in [2.45, 2.75) is 44.6 Å². The van der Waals surface area contributed by atoms with E-state index in [1.807, 2.05) is 19.1 Å². The number of pyridine rings is 1. The number of hydrogen-bond acceptors (Lipinski definition) is 5. The van der Waals surface area contributed by atoms with Crippen molar-refractivity contribution in [2.24, 2.45) is 5.73 Å². The lowest BCUT2D eigenvalue weighted by atomic mass is 9.86. The second-order valence-corrected chi connectivity index (χ2v) is 5.24. The quantitative estimate of drug-likeness (QED) is 0.895. The molecule has 1 aliphatic rings. The first kappa shape index (κ1) is 12.3. The summed E-state index contributed by atoms with van der Waals surface area (Å²) in [6.07, 6.45) is 5.88. The van der Waals surface area contributed by atoms with Crippen LogP contribution in [0.4, 0.5) is 0 Å². The molecule has 0 bridgehead atoms. The Labute approximate surface area is 112 Å². The van der Waals surface area contributed by atoms with Crippen molar-refractivity contribution >= 4 is 0 Å². The Kier molecular flexibility index (Phi) is 3.29. The molecule has 0 aliphatic heterocycles. The Hall–Kier alpha value is -1.75. The van der Waals surface area contributed by atoms with Crippen LogP contribution in [0.2, 0.25) is 0 Å². The molecule has 3 rings (SSSR count). The van der Waals surface area contributed by atoms with Gasteiger partial charge in [0.2, 0.25) is 11.7 Å². The lowest BCUT2D eigenvalue weighted by Crippen LogP contribution is -2.25. The molecule has 0 spiro atoms. The molecule has 1 aliphatic carbocycles. The summed E-state index contributed by atoms with van der Waals surface area (Å²) in [4.78, 5) is 8.82. The number of aromatic nitrogens is 3. The van der Waals surface area contributed by atoms with Gasteiger partial charge in [0.1, 0.15) is 5.69 Å². The number of rotatable bonds is 2. The molecule has 0 aromatic carbocycles. The molecule has 0 unspecified atom stereocenters. The van der Waals surface area contributed by atoms with Crippen molar-refractivity contribution in [3.8, 4) is 11.5 Å². The van der Waals surface area contributed by atoms with Crippen LogP contribution in [0.25, 0.3) is 11.5 Å². The van der Waals surface area contributed by atoms with Gasteiger partial charge in [-0.05, 0) is 44.2 Å². The van der Waals surface area contributed by atoms with Crippen LogP contribution in [0.1, 0.15) is 43.1 Å². The Balaban J connectivity index is 1.82. The number of hydrogen-bond donors (Lipinski definition) is 1. The molecule has 19 heavy (non-hydrogen) atoms. The van der Waals surface area contributed by atoms with Crippen molar-refractivity contribution in [1.29, 1.82) is 0 Å². The highest BCUT2D eigenvalue weighted by molar-refractivity contribution is 5.53. The largest absolute Gasteiger partial charge is 0.339 e. The third kappa shape index (κ3) is 2.51. The van der Waals surface area contributed by atoms with Gasteiger partial charge in [0.25, 0.3) is 0 Å². The van der Waals surface area contributed by atoms with Gasteiger partial charge in [0.15, 0.2) is 0 Å². The van der Waals surface area contributed by atoms with Crippen LogP contribution >= 0.6 is 0 Å². The zero-order valence-corrected chi connectivity index (χ0v) is 11.0. The van der Waals surface area contributed by atoms with E-state index in [1.54, 1.807) is 6.20 Å². The fourth-order valence-corrected chi connectivity index (χ4v) is 2.58. The first-order chi connectivity index (χ1) is 9.24. The molecule has 5 heteroatoms. The third-order valence-electron chi connectivity index (χ3n) is 3.78. The summed E-state index contributed by atoms with van der Waals surface area (Å²) in [6, 6.07) is 4.23. The van der Waals surface area contributed by atoms with E-state index in [0.717, 1.165) is 42.8 Å². The van der Waals surface area contributed by atoms with Crippen molar-refractivity contribution in [1.82, 2.24) is 15.1 Å². The lowest BCUT2D eigenvalue weighted by molar-refractivity contribution is 0.301. The van der Waals surface area contributed by atoms with Crippen molar-refractivity contribution in [3.05, 3.63) is 29.8 Å². The summed E-state index contributed by atoms with van der Waals surface area (Å²) in [5.41, 5.74) is 7.77. The fraction of sp³-hybridized carbons (Fsp3) is 0.500. The van der Waals surface area contributed by atoms with Crippen LogP contribution < -0.4 is 5.73 Å². The second-order valence-electron chi connectivity index (χ2n) is 5.24. The summed E-state index contributed by atoms with van der Waals surface area (Å²) in [7, 11) is 0. The summed E-state index contributed by atoms with van der Waals surface area (Å²) < 4.78 is 5.41. The highest BCUT2D eigenvalue weighted by atomic mass is 16.5. The standard InChI is InChI=1S/C14H18N4O/c1-9-3-2-8-16-12(9)13-17-14(19-18-13)10-4-6-11(15)7-5-10/h2-3,8,10-11H,4-7,15H2,1H3. The van der Waals surface area contributed by atoms with Crippen LogP contribution in [0.15, 0.2) is 22.9 Å². The van der Waals surface area contributed by atoms with E-state index < -0.39 is 0 Å². The Bertz CT molecular complexity index is 558. The Morgan fingerprint density at radius 2 is 2.05 bits per heavy atom. The predicted octanol–water partition coefficient (Wildman–Crippen LogP) is 2.42. The molecule has 0 amide bonds. The summed E-state index contributed by atoms with van der Waals surface area (Å²) in [5, 5.41) is 4.06. The average Bonchev–Trinajstić information content (AvgIpc) is 2.89. The van der Waals surface area contributed by atoms with Gasteiger partial charge in [-0.3, -0.25) is 4.98 Å². The topological polar surface area (TPSA) is 77.8 Å². The molecule has 1 fully saturated rings. The third-order valence-corrected chi connectivity index (χ3v) is 3.78. The summed E-state index contributed by atoms with van der Waals surface area (Å²) in [5.74, 6) is 1.67. The lowest BCUT2D eigenvalue weighted by Gasteiger charge is -2.22. The molecule has 0 atom stereocenters. The minimum Gasteiger partial charge on any atom is -0.339 e. The molecule has 100 valence electrons. The molecule has 2 aromatic heterocycles. The van der Waals surface area contributed by atoms with Crippen molar-refractivity contribution in [2.75, 3.05) is 0 Å². The van der Waals surface area contributed by atoms with E-state index >= 15 is 0 Å². The van der Waals surface area contributed by atoms with Gasteiger partial charge in [-0.2, -0.15) is 4.98 Å². The molecule has 5 nitrogen and oxygen atoms in total. The molecule has 1 saturated carbocycles. The monoisotopic (exact) mass is 258 g/mol. The number of aryl methyl sites for hydroxylation is 1. The molecule has 2 aromatic rings. The van der Waals surface area contributed by atoms with Gasteiger partial charge in [-0.1, -0.05) is 11.2 Å². The second kappa shape index (κ2) is 5.09. The number of nitrogens with two attached hydrogens (primary N) is 1. The molecular weight excluding hydrogens is 240 g/mol. The smallest absolute Gasteiger partial charge is 0.230 e. The van der Waals surface area contributed by atoms with Crippen LogP contribution in [0.5, 0.6) is 0 Å². The first-order valence-electron chi connectivity index (χ1n) is 6.75. The Morgan fingerprint density at radius 1 is 1.26 bits per heavy atom. The van der Waals surface area contributed by atoms with E-state index in [4.69, 9.17) is 10.3 Å². The van der Waals surface area contributed by atoms with Crippen LogP contribution in [0, 0.1) is 6.92 Å². The van der Waals surface area contributed by atoms with E-state index in [2.05, 4.69) is 15.1 Å². The SMILES string of the molecule is Cc1cccnc1-c1noc(C2CCC(N)CC2)n1. The predicted molar refractivity (Wildman–Crippen MR) is 71.5 cm³/mol. The van der Waals surface area contributed by atoms with Crippen molar-refractivity contribution in [3.63, 3.8) is 0 Å². The van der Waals surface area contributed by atoms with E-state index in [1.165, 1.54) is 0 Å². The van der Waals surface area contributed by atoms with E-state index in [-0.39, 0.29) is 0 Å². The van der Waals surface area contributed by atoms with Crippen molar-refractivity contribution < 1.29 is 4.52 Å². The van der Waals surface area contributed by atoms with Gasteiger partial charge < -0.3 is 10.3 Å².